The van der Waals surface area contributed by atoms with E-state index in [0.717, 1.165) is 30.1 Å². The lowest BCUT2D eigenvalue weighted by Gasteiger charge is -2.16. The van der Waals surface area contributed by atoms with Crippen molar-refractivity contribution in [2.45, 2.75) is 51.8 Å². The minimum absolute atomic E-state index is 0.156. The summed E-state index contributed by atoms with van der Waals surface area (Å²) in [6, 6.07) is 2.07. The molecular formula is C12H19ClN2. The topological polar surface area (TPSA) is 25.8 Å². The van der Waals surface area contributed by atoms with Gasteiger partial charge in [0.2, 0.25) is 0 Å². The van der Waals surface area contributed by atoms with E-state index in [1.165, 1.54) is 0 Å². The molecule has 0 bridgehead atoms. The number of nitrogens with zero attached hydrogens (tertiary/aromatic N) is 2. The Kier molecular flexibility index (Phi) is 4.52. The standard InChI is InChI=1S/C12H19ClN2/c1-5-10-7-12(15-9(4)14-10)8(3)11(13)6-2/h7-8,11H,5-6H2,1-4H3. The lowest BCUT2D eigenvalue weighted by molar-refractivity contribution is 0.648. The molecule has 84 valence electrons. The van der Waals surface area contributed by atoms with E-state index in [1.807, 2.05) is 6.92 Å². The number of rotatable bonds is 4. The Morgan fingerprint density at radius 1 is 1.33 bits per heavy atom. The molecule has 0 saturated heterocycles. The highest BCUT2D eigenvalue weighted by Gasteiger charge is 2.16. The molecule has 15 heavy (non-hydrogen) atoms. The number of alkyl halides is 1. The summed E-state index contributed by atoms with van der Waals surface area (Å²) in [6.07, 6.45) is 1.91. The van der Waals surface area contributed by atoms with E-state index < -0.39 is 0 Å². The molecule has 0 amide bonds. The van der Waals surface area contributed by atoms with Gasteiger partial charge >= 0.3 is 0 Å². The minimum atomic E-state index is 0.156. The predicted molar refractivity (Wildman–Crippen MR) is 64.5 cm³/mol. The zero-order valence-electron chi connectivity index (χ0n) is 9.92. The van der Waals surface area contributed by atoms with Crippen LogP contribution in [-0.4, -0.2) is 15.3 Å². The van der Waals surface area contributed by atoms with E-state index in [9.17, 15) is 0 Å². The Labute approximate surface area is 97.1 Å². The molecule has 0 saturated carbocycles. The second-order valence-electron chi connectivity index (χ2n) is 3.90. The third-order valence-electron chi connectivity index (χ3n) is 2.67. The van der Waals surface area contributed by atoms with Gasteiger partial charge in [0, 0.05) is 22.7 Å². The van der Waals surface area contributed by atoms with Gasteiger partial charge in [-0.1, -0.05) is 20.8 Å². The molecule has 2 nitrogen and oxygen atoms in total. The second-order valence-corrected chi connectivity index (χ2v) is 4.46. The summed E-state index contributed by atoms with van der Waals surface area (Å²) in [7, 11) is 0. The van der Waals surface area contributed by atoms with Gasteiger partial charge in [-0.3, -0.25) is 0 Å². The molecule has 1 aromatic rings. The summed E-state index contributed by atoms with van der Waals surface area (Å²) in [5, 5.41) is 0.156. The molecule has 2 atom stereocenters. The molecule has 1 aromatic heterocycles. The van der Waals surface area contributed by atoms with Crippen molar-refractivity contribution in [2.75, 3.05) is 0 Å². The maximum Gasteiger partial charge on any atom is 0.125 e. The molecule has 0 aromatic carbocycles. The van der Waals surface area contributed by atoms with Gasteiger partial charge in [0.15, 0.2) is 0 Å². The number of hydrogen-bond donors (Lipinski definition) is 0. The van der Waals surface area contributed by atoms with Crippen molar-refractivity contribution in [3.05, 3.63) is 23.3 Å². The molecule has 0 aliphatic rings. The Hall–Kier alpha value is -0.630. The second kappa shape index (κ2) is 5.45. The van der Waals surface area contributed by atoms with E-state index >= 15 is 0 Å². The van der Waals surface area contributed by atoms with Crippen LogP contribution in [0, 0.1) is 6.92 Å². The molecule has 0 N–H and O–H groups in total. The molecule has 2 unspecified atom stereocenters. The van der Waals surface area contributed by atoms with Gasteiger partial charge < -0.3 is 0 Å². The lowest BCUT2D eigenvalue weighted by Crippen LogP contribution is -2.12. The smallest absolute Gasteiger partial charge is 0.125 e. The maximum atomic E-state index is 6.24. The van der Waals surface area contributed by atoms with Crippen molar-refractivity contribution in [3.63, 3.8) is 0 Å². The van der Waals surface area contributed by atoms with E-state index in [2.05, 4.69) is 36.8 Å². The molecule has 0 aliphatic carbocycles. The number of hydrogen-bond acceptors (Lipinski definition) is 2. The number of halogens is 1. The average Bonchev–Trinajstić information content (AvgIpc) is 2.26. The van der Waals surface area contributed by atoms with Gasteiger partial charge in [-0.25, -0.2) is 9.97 Å². The van der Waals surface area contributed by atoms with Gasteiger partial charge in [0.05, 0.1) is 0 Å². The highest BCUT2D eigenvalue weighted by molar-refractivity contribution is 6.21. The first-order chi connectivity index (χ1) is 7.08. The highest BCUT2D eigenvalue weighted by Crippen LogP contribution is 2.24. The van der Waals surface area contributed by atoms with Crippen LogP contribution in [0.3, 0.4) is 0 Å². The molecule has 1 heterocycles. The fourth-order valence-electron chi connectivity index (χ4n) is 1.61. The molecule has 1 rings (SSSR count). The summed E-state index contributed by atoms with van der Waals surface area (Å²) < 4.78 is 0. The molecule has 0 fully saturated rings. The van der Waals surface area contributed by atoms with Crippen LogP contribution in [0.25, 0.3) is 0 Å². The third kappa shape index (κ3) is 3.16. The van der Waals surface area contributed by atoms with Crippen LogP contribution in [0.5, 0.6) is 0 Å². The van der Waals surface area contributed by atoms with E-state index in [4.69, 9.17) is 11.6 Å². The molecule has 0 aliphatic heterocycles. The van der Waals surface area contributed by atoms with Crippen molar-refractivity contribution in [1.82, 2.24) is 9.97 Å². The average molecular weight is 227 g/mol. The monoisotopic (exact) mass is 226 g/mol. The summed E-state index contributed by atoms with van der Waals surface area (Å²) in [6.45, 7) is 8.27. The summed E-state index contributed by atoms with van der Waals surface area (Å²) in [5.41, 5.74) is 2.17. The predicted octanol–water partition coefficient (Wildman–Crippen LogP) is 3.47. The number of aryl methyl sites for hydroxylation is 2. The summed E-state index contributed by atoms with van der Waals surface area (Å²) in [4.78, 5) is 8.82. The van der Waals surface area contributed by atoms with Crippen molar-refractivity contribution >= 4 is 11.6 Å². The van der Waals surface area contributed by atoms with Crippen LogP contribution in [0.2, 0.25) is 0 Å². The Morgan fingerprint density at radius 3 is 2.53 bits per heavy atom. The summed E-state index contributed by atoms with van der Waals surface area (Å²) >= 11 is 6.24. The largest absolute Gasteiger partial charge is 0.238 e. The van der Waals surface area contributed by atoms with Crippen LogP contribution >= 0.6 is 11.6 Å². The first-order valence-electron chi connectivity index (χ1n) is 5.57. The van der Waals surface area contributed by atoms with Crippen LogP contribution in [0.4, 0.5) is 0 Å². The van der Waals surface area contributed by atoms with Gasteiger partial charge in [0.25, 0.3) is 0 Å². The normalized spacial score (nSPS) is 15.0. The third-order valence-corrected chi connectivity index (χ3v) is 3.36. The van der Waals surface area contributed by atoms with Crippen LogP contribution in [0.1, 0.15) is 50.3 Å². The van der Waals surface area contributed by atoms with Crippen LogP contribution in [-0.2, 0) is 6.42 Å². The lowest BCUT2D eigenvalue weighted by atomic mass is 10.0. The maximum absolute atomic E-state index is 6.24. The van der Waals surface area contributed by atoms with Gasteiger partial charge in [-0.15, -0.1) is 11.6 Å². The van der Waals surface area contributed by atoms with Gasteiger partial charge in [-0.05, 0) is 25.8 Å². The molecule has 0 spiro atoms. The fraction of sp³-hybridized carbons (Fsp3) is 0.667. The van der Waals surface area contributed by atoms with Gasteiger partial charge in [-0.2, -0.15) is 0 Å². The van der Waals surface area contributed by atoms with Crippen molar-refractivity contribution in [2.24, 2.45) is 0 Å². The summed E-state index contributed by atoms with van der Waals surface area (Å²) in [5.74, 6) is 1.14. The first-order valence-corrected chi connectivity index (χ1v) is 6.00. The number of aromatic nitrogens is 2. The van der Waals surface area contributed by atoms with E-state index in [1.54, 1.807) is 0 Å². The molecule has 3 heteroatoms. The quantitative estimate of drug-likeness (QED) is 0.735. The zero-order chi connectivity index (χ0) is 11.4. The SMILES string of the molecule is CCc1cc(C(C)C(Cl)CC)nc(C)n1. The fourth-order valence-corrected chi connectivity index (χ4v) is 1.74. The van der Waals surface area contributed by atoms with Crippen molar-refractivity contribution in [3.8, 4) is 0 Å². The first kappa shape index (κ1) is 12.4. The van der Waals surface area contributed by atoms with E-state index in [0.29, 0.717) is 5.92 Å². The van der Waals surface area contributed by atoms with E-state index in [-0.39, 0.29) is 5.38 Å². The molecular weight excluding hydrogens is 208 g/mol. The Bertz CT molecular complexity index is 325. The minimum Gasteiger partial charge on any atom is -0.238 e. The Morgan fingerprint density at radius 2 is 2.00 bits per heavy atom. The van der Waals surface area contributed by atoms with Gasteiger partial charge in [0.1, 0.15) is 5.82 Å². The zero-order valence-corrected chi connectivity index (χ0v) is 10.7. The Balaban J connectivity index is 2.97. The highest BCUT2D eigenvalue weighted by atomic mass is 35.5. The van der Waals surface area contributed by atoms with Crippen LogP contribution in [0.15, 0.2) is 6.07 Å². The van der Waals surface area contributed by atoms with Crippen LogP contribution < -0.4 is 0 Å². The van der Waals surface area contributed by atoms with Crippen molar-refractivity contribution in [1.29, 1.82) is 0 Å². The van der Waals surface area contributed by atoms with Crippen molar-refractivity contribution < 1.29 is 0 Å². The molecule has 0 radical (unpaired) electrons.